The van der Waals surface area contributed by atoms with Crippen molar-refractivity contribution in [1.82, 2.24) is 0 Å². The Labute approximate surface area is 94.7 Å². The van der Waals surface area contributed by atoms with Crippen molar-refractivity contribution in [3.8, 4) is 0 Å². The van der Waals surface area contributed by atoms with Crippen LogP contribution in [-0.2, 0) is 0 Å². The number of benzene rings is 1. The van der Waals surface area contributed by atoms with Gasteiger partial charge in [-0.2, -0.15) is 0 Å². The van der Waals surface area contributed by atoms with Crippen LogP contribution in [0.5, 0.6) is 0 Å². The highest BCUT2D eigenvalue weighted by molar-refractivity contribution is 9.11. The second-order valence-corrected chi connectivity index (χ2v) is 4.55. The Kier molecular flexibility index (Phi) is 1.83. The fraction of sp³-hybridized carbons (Fsp3) is 0.0833. The van der Waals surface area contributed by atoms with Crippen molar-refractivity contribution in [2.45, 2.75) is 6.42 Å². The third-order valence-corrected chi connectivity index (χ3v) is 3.03. The lowest BCUT2D eigenvalue weighted by Gasteiger charge is -2.05. The van der Waals surface area contributed by atoms with Gasteiger partial charge in [0.1, 0.15) is 11.3 Å². The van der Waals surface area contributed by atoms with Gasteiger partial charge in [-0.3, -0.25) is 4.79 Å². The molecular weight excluding hydrogens is 256 g/mol. The first-order chi connectivity index (χ1) is 7.25. The van der Waals surface area contributed by atoms with E-state index in [0.717, 1.165) is 15.5 Å². The van der Waals surface area contributed by atoms with E-state index in [9.17, 15) is 4.79 Å². The molecule has 3 rings (SSSR count). The highest BCUT2D eigenvalue weighted by atomic mass is 79.9. The highest BCUT2D eigenvalue weighted by Crippen LogP contribution is 2.34. The number of furan rings is 1. The summed E-state index contributed by atoms with van der Waals surface area (Å²) in [6.07, 6.45) is 2.30. The molecule has 0 N–H and O–H groups in total. The molecule has 0 unspecified atom stereocenters. The zero-order valence-electron chi connectivity index (χ0n) is 7.79. The van der Waals surface area contributed by atoms with Gasteiger partial charge in [-0.1, -0.05) is 34.1 Å². The second kappa shape index (κ2) is 3.07. The predicted molar refractivity (Wildman–Crippen MR) is 62.1 cm³/mol. The molecule has 2 aromatic rings. The van der Waals surface area contributed by atoms with Gasteiger partial charge in [0, 0.05) is 16.3 Å². The molecule has 0 bridgehead atoms. The van der Waals surface area contributed by atoms with Crippen molar-refractivity contribution in [1.29, 1.82) is 0 Å². The Morgan fingerprint density at radius 3 is 2.93 bits per heavy atom. The number of hydrogen-bond acceptors (Lipinski definition) is 2. The van der Waals surface area contributed by atoms with E-state index in [-0.39, 0.29) is 5.78 Å². The molecule has 15 heavy (non-hydrogen) atoms. The second-order valence-electron chi connectivity index (χ2n) is 3.53. The van der Waals surface area contributed by atoms with Crippen molar-refractivity contribution in [3.63, 3.8) is 0 Å². The molecule has 2 nitrogen and oxygen atoms in total. The number of para-hydroxylation sites is 1. The molecule has 0 aliphatic heterocycles. The number of fused-ring (bicyclic) bond motifs is 3. The normalized spacial score (nSPS) is 15.3. The molecule has 74 valence electrons. The molecule has 0 fully saturated rings. The Bertz CT molecular complexity index is 593. The Balaban J connectivity index is 2.42. The van der Waals surface area contributed by atoms with E-state index < -0.39 is 0 Å². The third-order valence-electron chi connectivity index (χ3n) is 2.52. The van der Waals surface area contributed by atoms with Gasteiger partial charge in [0.2, 0.25) is 0 Å². The number of rotatable bonds is 0. The number of ketones is 1. The van der Waals surface area contributed by atoms with E-state index in [1.807, 2.05) is 30.3 Å². The monoisotopic (exact) mass is 262 g/mol. The van der Waals surface area contributed by atoms with Gasteiger partial charge in [0.15, 0.2) is 5.78 Å². The van der Waals surface area contributed by atoms with Gasteiger partial charge in [-0.15, -0.1) is 0 Å². The first-order valence-corrected chi connectivity index (χ1v) is 5.46. The van der Waals surface area contributed by atoms with Gasteiger partial charge in [0.25, 0.3) is 0 Å². The van der Waals surface area contributed by atoms with Crippen LogP contribution in [0.15, 0.2) is 33.2 Å². The van der Waals surface area contributed by atoms with Crippen LogP contribution in [-0.4, -0.2) is 5.78 Å². The summed E-state index contributed by atoms with van der Waals surface area (Å²) in [5.74, 6) is 0.781. The third kappa shape index (κ3) is 1.27. The van der Waals surface area contributed by atoms with E-state index in [1.165, 1.54) is 0 Å². The van der Waals surface area contributed by atoms with Gasteiger partial charge < -0.3 is 4.42 Å². The van der Waals surface area contributed by atoms with Crippen LogP contribution in [0, 0.1) is 0 Å². The van der Waals surface area contributed by atoms with Gasteiger partial charge in [0.05, 0.1) is 5.56 Å². The smallest absolute Gasteiger partial charge is 0.172 e. The van der Waals surface area contributed by atoms with E-state index >= 15 is 0 Å². The van der Waals surface area contributed by atoms with E-state index in [4.69, 9.17) is 4.42 Å². The maximum Gasteiger partial charge on any atom is 0.172 e. The van der Waals surface area contributed by atoms with Gasteiger partial charge in [-0.05, 0) is 12.1 Å². The summed E-state index contributed by atoms with van der Waals surface area (Å²) in [5, 5.41) is 0.911. The molecule has 0 saturated heterocycles. The molecule has 1 aromatic carbocycles. The Morgan fingerprint density at radius 1 is 1.27 bits per heavy atom. The number of allylic oxidation sites excluding steroid dienone is 1. The quantitative estimate of drug-likeness (QED) is 0.724. The molecule has 0 atom stereocenters. The lowest BCUT2D eigenvalue weighted by molar-refractivity contribution is 0.0994. The van der Waals surface area contributed by atoms with Crippen molar-refractivity contribution in [2.24, 2.45) is 0 Å². The molecule has 3 heteroatoms. The number of hydrogen-bond donors (Lipinski definition) is 0. The molecule has 1 heterocycles. The molecule has 0 saturated carbocycles. The lowest BCUT2D eigenvalue weighted by Crippen LogP contribution is -2.03. The lowest BCUT2D eigenvalue weighted by atomic mass is 10.00. The SMILES string of the molecule is O=C1CC(Br)=Cc2oc3ccccc3c21. The molecule has 1 aliphatic carbocycles. The van der Waals surface area contributed by atoms with Crippen molar-refractivity contribution in [3.05, 3.63) is 40.1 Å². The van der Waals surface area contributed by atoms with Crippen LogP contribution >= 0.6 is 15.9 Å². The van der Waals surface area contributed by atoms with Crippen LogP contribution < -0.4 is 0 Å². The van der Waals surface area contributed by atoms with Gasteiger partial charge in [-0.25, -0.2) is 0 Å². The zero-order chi connectivity index (χ0) is 10.4. The highest BCUT2D eigenvalue weighted by Gasteiger charge is 2.23. The maximum atomic E-state index is 11.8. The number of carbonyl (C=O) groups excluding carboxylic acids is 1. The summed E-state index contributed by atoms with van der Waals surface area (Å²) in [6, 6.07) is 7.62. The molecular formula is C12H7BrO2. The van der Waals surface area contributed by atoms with E-state index in [1.54, 1.807) is 0 Å². The van der Waals surface area contributed by atoms with Crippen LogP contribution in [0.25, 0.3) is 17.0 Å². The Hall–Kier alpha value is -1.35. The number of Topliss-reactive ketones (excluding diaryl/α,β-unsaturated/α-hetero) is 1. The van der Waals surface area contributed by atoms with E-state index in [0.29, 0.717) is 17.7 Å². The summed E-state index contributed by atoms with van der Waals surface area (Å²) >= 11 is 3.34. The fourth-order valence-corrected chi connectivity index (χ4v) is 2.35. The first-order valence-electron chi connectivity index (χ1n) is 4.66. The average molecular weight is 263 g/mol. The Morgan fingerprint density at radius 2 is 2.07 bits per heavy atom. The minimum atomic E-state index is 0.115. The number of carbonyl (C=O) groups is 1. The average Bonchev–Trinajstić information content (AvgIpc) is 2.54. The minimum absolute atomic E-state index is 0.115. The molecule has 0 spiro atoms. The van der Waals surface area contributed by atoms with Crippen LogP contribution in [0.1, 0.15) is 22.5 Å². The largest absolute Gasteiger partial charge is 0.456 e. The van der Waals surface area contributed by atoms with E-state index in [2.05, 4.69) is 15.9 Å². The summed E-state index contributed by atoms with van der Waals surface area (Å²) in [4.78, 5) is 11.8. The zero-order valence-corrected chi connectivity index (χ0v) is 9.37. The standard InChI is InChI=1S/C12H7BrO2/c13-7-5-9(14)12-8-3-1-2-4-10(8)15-11(12)6-7/h1-4,6H,5H2. The van der Waals surface area contributed by atoms with Crippen molar-refractivity contribution >= 4 is 38.8 Å². The summed E-state index contributed by atoms with van der Waals surface area (Å²) in [5.41, 5.74) is 1.49. The van der Waals surface area contributed by atoms with Crippen molar-refractivity contribution in [2.75, 3.05) is 0 Å². The first kappa shape index (κ1) is 8.92. The van der Waals surface area contributed by atoms with Crippen LogP contribution in [0.4, 0.5) is 0 Å². The molecule has 0 radical (unpaired) electrons. The molecule has 1 aromatic heterocycles. The van der Waals surface area contributed by atoms with Crippen LogP contribution in [0.2, 0.25) is 0 Å². The van der Waals surface area contributed by atoms with Crippen molar-refractivity contribution < 1.29 is 9.21 Å². The molecule has 0 amide bonds. The summed E-state index contributed by atoms with van der Waals surface area (Å²) < 4.78 is 6.48. The fourth-order valence-electron chi connectivity index (χ4n) is 1.89. The number of halogens is 1. The maximum absolute atomic E-state index is 11.8. The van der Waals surface area contributed by atoms with Gasteiger partial charge >= 0.3 is 0 Å². The predicted octanol–water partition coefficient (Wildman–Crippen LogP) is 3.76. The van der Waals surface area contributed by atoms with Crippen LogP contribution in [0.3, 0.4) is 0 Å². The topological polar surface area (TPSA) is 30.2 Å². The molecule has 1 aliphatic rings. The minimum Gasteiger partial charge on any atom is -0.456 e. The summed E-state index contributed by atoms with van der Waals surface area (Å²) in [6.45, 7) is 0. The summed E-state index contributed by atoms with van der Waals surface area (Å²) in [7, 11) is 0.